The first kappa shape index (κ1) is 14.3. The van der Waals surface area contributed by atoms with E-state index >= 15 is 0 Å². The largest absolute Gasteiger partial charge is 0.496 e. The van der Waals surface area contributed by atoms with Crippen LogP contribution in [0.25, 0.3) is 0 Å². The summed E-state index contributed by atoms with van der Waals surface area (Å²) < 4.78 is 10.8. The van der Waals surface area contributed by atoms with E-state index < -0.39 is 0 Å². The zero-order valence-corrected chi connectivity index (χ0v) is 12.1. The molecule has 0 fully saturated rings. The van der Waals surface area contributed by atoms with Gasteiger partial charge in [0.2, 0.25) is 0 Å². The molecule has 2 aromatic rings. The summed E-state index contributed by atoms with van der Waals surface area (Å²) in [5.74, 6) is 1.43. The highest BCUT2D eigenvalue weighted by Gasteiger charge is 2.21. The monoisotopic (exact) mass is 272 g/mol. The number of nitrogens with two attached hydrogens (primary N) is 1. The van der Waals surface area contributed by atoms with E-state index in [1.807, 2.05) is 30.3 Å². The molecule has 106 valence electrons. The minimum atomic E-state index is -0.378. The van der Waals surface area contributed by atoms with E-state index in [-0.39, 0.29) is 6.04 Å². The summed E-state index contributed by atoms with van der Waals surface area (Å²) in [7, 11) is 3.26. The smallest absolute Gasteiger partial charge is 0.127 e. The van der Waals surface area contributed by atoms with Gasteiger partial charge in [0.25, 0.3) is 0 Å². The molecule has 0 spiro atoms. The maximum Gasteiger partial charge on any atom is 0.127 e. The number of aromatic nitrogens is 1. The average molecular weight is 272 g/mol. The van der Waals surface area contributed by atoms with Gasteiger partial charge in [0, 0.05) is 6.20 Å². The standard InChI is InChI=1S/C16H20N2O2/c1-4-11-7-6-10-18-16(11)15(17)14-12(19-2)8-5-9-13(14)20-3/h5-10,15H,4,17H2,1-3H3. The predicted octanol–water partition coefficient (Wildman–Crippen LogP) is 2.71. The molecule has 0 aliphatic heterocycles. The second kappa shape index (κ2) is 6.39. The van der Waals surface area contributed by atoms with Crippen LogP contribution in [-0.2, 0) is 6.42 Å². The topological polar surface area (TPSA) is 57.4 Å². The Bertz CT molecular complexity index is 562. The molecule has 0 saturated carbocycles. The second-order valence-electron chi connectivity index (χ2n) is 4.46. The Hall–Kier alpha value is -2.07. The van der Waals surface area contributed by atoms with Gasteiger partial charge in [-0.2, -0.15) is 0 Å². The van der Waals surface area contributed by atoms with Gasteiger partial charge in [0.05, 0.1) is 31.5 Å². The van der Waals surface area contributed by atoms with Gasteiger partial charge in [-0.3, -0.25) is 4.98 Å². The van der Waals surface area contributed by atoms with Crippen LogP contribution in [-0.4, -0.2) is 19.2 Å². The highest BCUT2D eigenvalue weighted by molar-refractivity contribution is 5.50. The van der Waals surface area contributed by atoms with Crippen LogP contribution in [0.2, 0.25) is 0 Å². The van der Waals surface area contributed by atoms with Gasteiger partial charge in [-0.15, -0.1) is 0 Å². The second-order valence-corrected chi connectivity index (χ2v) is 4.46. The minimum absolute atomic E-state index is 0.378. The summed E-state index contributed by atoms with van der Waals surface area (Å²) in [6, 6.07) is 9.24. The normalized spacial score (nSPS) is 12.0. The van der Waals surface area contributed by atoms with Crippen molar-refractivity contribution in [1.29, 1.82) is 0 Å². The molecule has 0 radical (unpaired) electrons. The van der Waals surface area contributed by atoms with E-state index in [1.54, 1.807) is 20.4 Å². The Balaban J connectivity index is 2.55. The van der Waals surface area contributed by atoms with E-state index in [4.69, 9.17) is 15.2 Å². The van der Waals surface area contributed by atoms with Crippen LogP contribution in [0, 0.1) is 0 Å². The number of pyridine rings is 1. The fraction of sp³-hybridized carbons (Fsp3) is 0.312. The summed E-state index contributed by atoms with van der Waals surface area (Å²) >= 11 is 0. The van der Waals surface area contributed by atoms with Crippen LogP contribution < -0.4 is 15.2 Å². The van der Waals surface area contributed by atoms with Crippen molar-refractivity contribution < 1.29 is 9.47 Å². The number of hydrogen-bond donors (Lipinski definition) is 1. The zero-order chi connectivity index (χ0) is 14.5. The fourth-order valence-corrected chi connectivity index (χ4v) is 2.35. The predicted molar refractivity (Wildman–Crippen MR) is 79.2 cm³/mol. The molecular formula is C16H20N2O2. The van der Waals surface area contributed by atoms with Gasteiger partial charge in [0.1, 0.15) is 11.5 Å². The Labute approximate surface area is 119 Å². The highest BCUT2D eigenvalue weighted by Crippen LogP contribution is 2.36. The highest BCUT2D eigenvalue weighted by atomic mass is 16.5. The van der Waals surface area contributed by atoms with Crippen molar-refractivity contribution in [3.63, 3.8) is 0 Å². The molecule has 2 rings (SSSR count). The third-order valence-corrected chi connectivity index (χ3v) is 3.38. The van der Waals surface area contributed by atoms with Crippen molar-refractivity contribution in [3.8, 4) is 11.5 Å². The number of methoxy groups -OCH3 is 2. The van der Waals surface area contributed by atoms with Crippen molar-refractivity contribution >= 4 is 0 Å². The van der Waals surface area contributed by atoms with Crippen LogP contribution in [0.15, 0.2) is 36.5 Å². The fourth-order valence-electron chi connectivity index (χ4n) is 2.35. The van der Waals surface area contributed by atoms with Crippen LogP contribution in [0.5, 0.6) is 11.5 Å². The van der Waals surface area contributed by atoms with E-state index in [0.717, 1.165) is 23.2 Å². The Kier molecular flexibility index (Phi) is 4.58. The van der Waals surface area contributed by atoms with Gasteiger partial charge in [-0.05, 0) is 30.2 Å². The molecule has 20 heavy (non-hydrogen) atoms. The number of aryl methyl sites for hydroxylation is 1. The van der Waals surface area contributed by atoms with Crippen LogP contribution in [0.3, 0.4) is 0 Å². The van der Waals surface area contributed by atoms with Crippen LogP contribution >= 0.6 is 0 Å². The molecule has 0 amide bonds. The number of rotatable bonds is 5. The molecular weight excluding hydrogens is 252 g/mol. The van der Waals surface area contributed by atoms with Crippen molar-refractivity contribution in [3.05, 3.63) is 53.3 Å². The summed E-state index contributed by atoms with van der Waals surface area (Å²) in [5, 5.41) is 0. The molecule has 0 saturated heterocycles. The lowest BCUT2D eigenvalue weighted by Gasteiger charge is -2.20. The molecule has 2 N–H and O–H groups in total. The van der Waals surface area contributed by atoms with Crippen molar-refractivity contribution in [1.82, 2.24) is 4.98 Å². The van der Waals surface area contributed by atoms with Gasteiger partial charge in [-0.25, -0.2) is 0 Å². The third-order valence-electron chi connectivity index (χ3n) is 3.38. The number of hydrogen-bond acceptors (Lipinski definition) is 4. The molecule has 4 heteroatoms. The summed E-state index contributed by atoms with van der Waals surface area (Å²) in [6.45, 7) is 2.09. The van der Waals surface area contributed by atoms with E-state index in [1.165, 1.54) is 0 Å². The molecule has 1 aromatic carbocycles. The summed E-state index contributed by atoms with van der Waals surface area (Å²) in [6.07, 6.45) is 2.64. The summed E-state index contributed by atoms with van der Waals surface area (Å²) in [5.41, 5.74) is 9.24. The van der Waals surface area contributed by atoms with Gasteiger partial charge < -0.3 is 15.2 Å². The number of benzene rings is 1. The molecule has 4 nitrogen and oxygen atoms in total. The lowest BCUT2D eigenvalue weighted by Crippen LogP contribution is -2.17. The molecule has 1 atom stereocenters. The number of nitrogens with zero attached hydrogens (tertiary/aromatic N) is 1. The van der Waals surface area contributed by atoms with Gasteiger partial charge in [0.15, 0.2) is 0 Å². The average Bonchev–Trinajstić information content (AvgIpc) is 2.53. The first-order valence-electron chi connectivity index (χ1n) is 6.63. The lowest BCUT2D eigenvalue weighted by atomic mass is 9.97. The first-order valence-corrected chi connectivity index (χ1v) is 6.63. The van der Waals surface area contributed by atoms with E-state index in [2.05, 4.69) is 11.9 Å². The molecule has 1 heterocycles. The first-order chi connectivity index (χ1) is 9.72. The maximum absolute atomic E-state index is 6.42. The Morgan fingerprint density at radius 3 is 2.30 bits per heavy atom. The van der Waals surface area contributed by atoms with Crippen molar-refractivity contribution in [2.24, 2.45) is 5.73 Å². The third kappa shape index (κ3) is 2.60. The summed E-state index contributed by atoms with van der Waals surface area (Å²) in [4.78, 5) is 4.44. The van der Waals surface area contributed by atoms with Crippen LogP contribution in [0.1, 0.15) is 29.8 Å². The van der Waals surface area contributed by atoms with Crippen molar-refractivity contribution in [2.75, 3.05) is 14.2 Å². The minimum Gasteiger partial charge on any atom is -0.496 e. The van der Waals surface area contributed by atoms with Crippen LogP contribution in [0.4, 0.5) is 0 Å². The Morgan fingerprint density at radius 2 is 1.75 bits per heavy atom. The Morgan fingerprint density at radius 1 is 1.10 bits per heavy atom. The molecule has 0 bridgehead atoms. The molecule has 1 unspecified atom stereocenters. The molecule has 0 aliphatic carbocycles. The number of ether oxygens (including phenoxy) is 2. The molecule has 1 aromatic heterocycles. The lowest BCUT2D eigenvalue weighted by molar-refractivity contribution is 0.382. The van der Waals surface area contributed by atoms with Gasteiger partial charge in [-0.1, -0.05) is 19.1 Å². The maximum atomic E-state index is 6.42. The van der Waals surface area contributed by atoms with Crippen molar-refractivity contribution in [2.45, 2.75) is 19.4 Å². The van der Waals surface area contributed by atoms with E-state index in [9.17, 15) is 0 Å². The quantitative estimate of drug-likeness (QED) is 0.909. The SMILES string of the molecule is CCc1cccnc1C(N)c1c(OC)cccc1OC. The molecule has 0 aliphatic rings. The van der Waals surface area contributed by atoms with E-state index in [0.29, 0.717) is 11.5 Å². The zero-order valence-electron chi connectivity index (χ0n) is 12.1. The van der Waals surface area contributed by atoms with Gasteiger partial charge >= 0.3 is 0 Å².